The Morgan fingerprint density at radius 1 is 0.969 bits per heavy atom. The summed E-state index contributed by atoms with van der Waals surface area (Å²) in [7, 11) is -3.36. The molecule has 0 spiro atoms. The number of nitrogens with zero attached hydrogens (tertiary/aromatic N) is 2. The molecule has 32 heavy (non-hydrogen) atoms. The third-order valence-corrected chi connectivity index (χ3v) is 10.3. The smallest absolute Gasteiger partial charge is 0.185 e. The predicted molar refractivity (Wildman–Crippen MR) is 134 cm³/mol. The monoisotopic (exact) mass is 468 g/mol. The van der Waals surface area contributed by atoms with E-state index in [1.165, 1.54) is 11.1 Å². The lowest BCUT2D eigenvalue weighted by Gasteiger charge is -2.32. The van der Waals surface area contributed by atoms with Crippen molar-refractivity contribution in [1.82, 2.24) is 4.98 Å². The molecule has 1 aliphatic heterocycles. The average molecular weight is 469 g/mol. The number of hydrogen-bond donors (Lipinski definition) is 0. The zero-order valence-electron chi connectivity index (χ0n) is 19.6. The summed E-state index contributed by atoms with van der Waals surface area (Å²) in [6.45, 7) is 11.4. The van der Waals surface area contributed by atoms with Gasteiger partial charge >= 0.3 is 0 Å². The Bertz CT molecular complexity index is 1190. The van der Waals surface area contributed by atoms with Crippen molar-refractivity contribution in [2.24, 2.45) is 0 Å². The summed E-state index contributed by atoms with van der Waals surface area (Å²) in [6.07, 6.45) is 2.11. The van der Waals surface area contributed by atoms with Gasteiger partial charge in [0, 0.05) is 24.9 Å². The van der Waals surface area contributed by atoms with Gasteiger partial charge in [-0.05, 0) is 75.3 Å². The molecule has 0 unspecified atom stereocenters. The molecule has 0 bridgehead atoms. The summed E-state index contributed by atoms with van der Waals surface area (Å²) < 4.78 is 27.2. The molecule has 3 aromatic rings. The van der Waals surface area contributed by atoms with Crippen LogP contribution in [0.25, 0.3) is 0 Å². The quantitative estimate of drug-likeness (QED) is 0.481. The standard InChI is InChI=1S/C26H32N2O2S2/c1-17-6-8-22(9-7-17)15-23-16-31-26(27-23)28-12-10-24(11-13-28)32(29,30)25-20(4)18(2)14-19(3)21(25)5/h6-9,14,16,24H,10-13,15H2,1-5H3. The molecular formula is C26H32N2O2S2. The molecule has 0 radical (unpaired) electrons. The number of aromatic nitrogens is 1. The van der Waals surface area contributed by atoms with E-state index in [4.69, 9.17) is 4.98 Å². The van der Waals surface area contributed by atoms with E-state index in [1.807, 2.05) is 27.7 Å². The highest BCUT2D eigenvalue weighted by atomic mass is 32.2. The molecule has 4 rings (SSSR count). The van der Waals surface area contributed by atoms with Gasteiger partial charge in [-0.1, -0.05) is 35.9 Å². The average Bonchev–Trinajstić information content (AvgIpc) is 3.22. The highest BCUT2D eigenvalue weighted by molar-refractivity contribution is 7.92. The van der Waals surface area contributed by atoms with E-state index in [0.717, 1.165) is 52.6 Å². The van der Waals surface area contributed by atoms with Crippen molar-refractivity contribution in [1.29, 1.82) is 0 Å². The van der Waals surface area contributed by atoms with E-state index in [-0.39, 0.29) is 5.25 Å². The number of sulfone groups is 1. The number of rotatable bonds is 5. The minimum Gasteiger partial charge on any atom is -0.348 e. The van der Waals surface area contributed by atoms with Gasteiger partial charge in [-0.2, -0.15) is 0 Å². The maximum atomic E-state index is 13.6. The van der Waals surface area contributed by atoms with Crippen LogP contribution in [-0.4, -0.2) is 31.7 Å². The summed E-state index contributed by atoms with van der Waals surface area (Å²) in [5, 5.41) is 2.80. The van der Waals surface area contributed by atoms with Gasteiger partial charge in [0.1, 0.15) is 0 Å². The Kier molecular flexibility index (Phi) is 6.46. The fourth-order valence-corrected chi connectivity index (χ4v) is 7.79. The van der Waals surface area contributed by atoms with E-state index in [0.29, 0.717) is 17.7 Å². The SMILES string of the molecule is Cc1ccc(Cc2csc(N3CCC(S(=O)(=O)c4c(C)c(C)cc(C)c4C)CC3)n2)cc1. The first kappa shape index (κ1) is 23.0. The van der Waals surface area contributed by atoms with Crippen molar-refractivity contribution in [3.05, 3.63) is 74.8 Å². The summed E-state index contributed by atoms with van der Waals surface area (Å²) in [4.78, 5) is 7.65. The first-order valence-corrected chi connectivity index (χ1v) is 13.7. The normalized spacial score (nSPS) is 15.3. The lowest BCUT2D eigenvalue weighted by Crippen LogP contribution is -2.39. The molecule has 0 aliphatic carbocycles. The molecule has 2 heterocycles. The van der Waals surface area contributed by atoms with E-state index in [9.17, 15) is 8.42 Å². The molecule has 0 saturated carbocycles. The molecule has 2 aromatic carbocycles. The lowest BCUT2D eigenvalue weighted by atomic mass is 10.0. The van der Waals surface area contributed by atoms with Crippen LogP contribution in [0.5, 0.6) is 0 Å². The van der Waals surface area contributed by atoms with Crippen LogP contribution in [0, 0.1) is 34.6 Å². The van der Waals surface area contributed by atoms with Crippen LogP contribution in [0.4, 0.5) is 5.13 Å². The maximum Gasteiger partial charge on any atom is 0.185 e. The van der Waals surface area contributed by atoms with Crippen molar-refractivity contribution < 1.29 is 8.42 Å². The van der Waals surface area contributed by atoms with Gasteiger partial charge in [0.05, 0.1) is 15.8 Å². The molecule has 1 saturated heterocycles. The van der Waals surface area contributed by atoms with Crippen LogP contribution in [0.1, 0.15) is 51.9 Å². The summed E-state index contributed by atoms with van der Waals surface area (Å²) in [5.41, 5.74) is 7.49. The second-order valence-corrected chi connectivity index (χ2v) is 12.1. The van der Waals surface area contributed by atoms with Crippen LogP contribution >= 0.6 is 11.3 Å². The third kappa shape index (κ3) is 4.48. The Morgan fingerprint density at radius 2 is 1.56 bits per heavy atom. The van der Waals surface area contributed by atoms with E-state index in [2.05, 4.69) is 47.5 Å². The minimum absolute atomic E-state index is 0.329. The zero-order chi connectivity index (χ0) is 23.0. The number of anilines is 1. The number of hydrogen-bond acceptors (Lipinski definition) is 5. The van der Waals surface area contributed by atoms with Gasteiger partial charge in [0.25, 0.3) is 0 Å². The Balaban J connectivity index is 1.46. The lowest BCUT2D eigenvalue weighted by molar-refractivity contribution is 0.528. The Morgan fingerprint density at radius 3 is 2.16 bits per heavy atom. The summed E-state index contributed by atoms with van der Waals surface area (Å²) in [6, 6.07) is 10.7. The van der Waals surface area contributed by atoms with Gasteiger partial charge in [-0.15, -0.1) is 11.3 Å². The molecule has 1 aromatic heterocycles. The Hall–Kier alpha value is -2.18. The molecule has 170 valence electrons. The molecule has 0 atom stereocenters. The molecule has 1 aliphatic rings. The van der Waals surface area contributed by atoms with Crippen molar-refractivity contribution in [2.75, 3.05) is 18.0 Å². The van der Waals surface area contributed by atoms with Crippen molar-refractivity contribution >= 4 is 26.3 Å². The van der Waals surface area contributed by atoms with Crippen molar-refractivity contribution in [3.8, 4) is 0 Å². The number of aryl methyl sites for hydroxylation is 3. The van der Waals surface area contributed by atoms with Gasteiger partial charge in [0.2, 0.25) is 0 Å². The maximum absolute atomic E-state index is 13.6. The first-order valence-electron chi connectivity index (χ1n) is 11.2. The summed E-state index contributed by atoms with van der Waals surface area (Å²) in [5.74, 6) is 0. The van der Waals surface area contributed by atoms with E-state index in [1.54, 1.807) is 11.3 Å². The highest BCUT2D eigenvalue weighted by Gasteiger charge is 2.34. The van der Waals surface area contributed by atoms with Gasteiger partial charge in [-0.25, -0.2) is 13.4 Å². The van der Waals surface area contributed by atoms with Crippen molar-refractivity contribution in [2.45, 2.75) is 64.0 Å². The molecule has 6 heteroatoms. The number of piperidine rings is 1. The molecule has 0 amide bonds. The number of thiazole rings is 1. The Labute approximate surface area is 196 Å². The largest absolute Gasteiger partial charge is 0.348 e. The van der Waals surface area contributed by atoms with Crippen LogP contribution in [0.2, 0.25) is 0 Å². The van der Waals surface area contributed by atoms with Crippen LogP contribution < -0.4 is 4.90 Å². The number of benzene rings is 2. The van der Waals surface area contributed by atoms with Gasteiger partial charge in [0.15, 0.2) is 15.0 Å². The van der Waals surface area contributed by atoms with Crippen LogP contribution in [0.3, 0.4) is 0 Å². The van der Waals surface area contributed by atoms with Crippen molar-refractivity contribution in [3.63, 3.8) is 0 Å². The predicted octanol–water partition coefficient (Wildman–Crippen LogP) is 5.72. The zero-order valence-corrected chi connectivity index (χ0v) is 21.2. The minimum atomic E-state index is -3.36. The third-order valence-electron chi connectivity index (χ3n) is 6.78. The topological polar surface area (TPSA) is 50.3 Å². The molecule has 4 nitrogen and oxygen atoms in total. The van der Waals surface area contributed by atoms with Crippen LogP contribution in [-0.2, 0) is 16.3 Å². The molecule has 1 fully saturated rings. The van der Waals surface area contributed by atoms with E-state index < -0.39 is 9.84 Å². The molecular weight excluding hydrogens is 436 g/mol. The van der Waals surface area contributed by atoms with E-state index >= 15 is 0 Å². The van der Waals surface area contributed by atoms with Gasteiger partial charge < -0.3 is 4.90 Å². The second kappa shape index (κ2) is 8.99. The molecule has 0 N–H and O–H groups in total. The summed E-state index contributed by atoms with van der Waals surface area (Å²) >= 11 is 1.66. The van der Waals surface area contributed by atoms with Crippen LogP contribution in [0.15, 0.2) is 40.6 Å². The highest BCUT2D eigenvalue weighted by Crippen LogP contribution is 2.34. The first-order chi connectivity index (χ1) is 15.2. The second-order valence-electron chi connectivity index (χ2n) is 9.10. The van der Waals surface area contributed by atoms with Gasteiger partial charge in [-0.3, -0.25) is 0 Å². The fourth-order valence-electron chi connectivity index (χ4n) is 4.57. The fraction of sp³-hybridized carbons (Fsp3) is 0.423.